The molecule has 0 aliphatic carbocycles. The lowest BCUT2D eigenvalue weighted by molar-refractivity contribution is 0.589. The second kappa shape index (κ2) is 36.0. The molecule has 0 N–H and O–H groups in total. The average Bonchev–Trinajstić information content (AvgIpc) is 0.718. The van der Waals surface area contributed by atoms with Gasteiger partial charge >= 0.3 is 0 Å². The van der Waals surface area contributed by atoms with E-state index in [1.54, 1.807) is 129 Å². The van der Waals surface area contributed by atoms with Crippen molar-refractivity contribution in [1.82, 2.24) is 0 Å². The molecule has 0 heterocycles. The van der Waals surface area contributed by atoms with Gasteiger partial charge in [0, 0.05) is 90.8 Å². The molecule has 684 valence electrons. The molecule has 0 spiro atoms. The molecule has 0 bridgehead atoms. The van der Waals surface area contributed by atoms with Crippen LogP contribution in [0.5, 0.6) is 0 Å². The van der Waals surface area contributed by atoms with E-state index < -0.39 is 46.5 Å². The molecule has 0 aliphatic heterocycles. The van der Waals surface area contributed by atoms with Crippen LogP contribution in [0.3, 0.4) is 0 Å². The molecule has 0 fully saturated rings. The lowest BCUT2D eigenvalue weighted by Crippen LogP contribution is -2.14. The van der Waals surface area contributed by atoms with Crippen molar-refractivity contribution in [2.75, 3.05) is 19.6 Å². The van der Waals surface area contributed by atoms with Gasteiger partial charge in [-0.1, -0.05) is 277 Å². The second-order valence-electron chi connectivity index (χ2n) is 39.5. The van der Waals surface area contributed by atoms with Gasteiger partial charge in [0.25, 0.3) is 0 Å². The quantitative estimate of drug-likeness (QED) is 0.0545. The third-order valence-corrected chi connectivity index (χ3v) is 26.5. The van der Waals surface area contributed by atoms with Gasteiger partial charge in [-0.25, -0.2) is 44.8 Å². The van der Waals surface area contributed by atoms with Crippen LogP contribution in [0, 0.1) is 82.3 Å². The van der Waals surface area contributed by atoms with Crippen molar-refractivity contribution in [3.8, 4) is 56.6 Å². The summed E-state index contributed by atoms with van der Waals surface area (Å²) in [5.74, 6) is -5.05. The third-order valence-electron chi connectivity index (χ3n) is 26.5. The maximum absolute atomic E-state index is 17.0. The summed E-state index contributed by atoms with van der Waals surface area (Å²) in [6, 6.07) is 102. The number of nitrogens with zero attached hydrogens (tertiary/aromatic N) is 8. The zero-order chi connectivity index (χ0) is 98.4. The number of benzene rings is 20. The standard InChI is InChI=1S/2C62H46F4N4/c1-61(2,3)42-18-10-38(11-19-42)49-32-53(65)57(34-51(49)63)69(45-24-8-37(36-67)9-25-45)55-30-16-40-15-29-48-56(31-17-41-14-28-47(55)59(40)60(41)48)70(46-26-22-44(68-7)23-27-46)58-35-52(64)50(33-54(58)66)39-12-20-43(21-13-39)62(4,5)6;1-61(2,3)42-12-8-10-40(30-42)49-32-53(65)57(34-51(49)63)69(45-22-14-37(36-67)15-23-45)55-28-18-38-17-27-48-56(29-19-39-16-26-47(55)59(38)60(39)48)70(46-24-20-44(68-7)21-25-46)58-35-52(64)50(33-54(58)66)41-11-9-13-43(31-41)62(4,5)6/h2*8-35H,1-6H3. The fraction of sp³-hybridized carbons (Fsp3) is 0.129. The topological polar surface area (TPSA) is 69.3 Å². The van der Waals surface area contributed by atoms with Gasteiger partial charge in [0.2, 0.25) is 0 Å². The molecule has 20 aromatic rings. The Bertz CT molecular complexity index is 7980. The Morgan fingerprint density at radius 3 is 0.700 bits per heavy atom. The Labute approximate surface area is 808 Å². The van der Waals surface area contributed by atoms with Crippen molar-refractivity contribution in [3.05, 3.63) is 442 Å². The largest absolute Gasteiger partial charge is 0.307 e. The minimum Gasteiger partial charge on any atom is -0.307 e. The molecule has 0 atom stereocenters. The first-order chi connectivity index (χ1) is 67.0. The van der Waals surface area contributed by atoms with Crippen LogP contribution >= 0.6 is 0 Å². The first-order valence-corrected chi connectivity index (χ1v) is 46.0. The molecule has 0 unspecified atom stereocenters. The van der Waals surface area contributed by atoms with Crippen LogP contribution in [0.15, 0.2) is 340 Å². The fourth-order valence-corrected chi connectivity index (χ4v) is 19.0. The van der Waals surface area contributed by atoms with E-state index in [9.17, 15) is 10.5 Å². The SMILES string of the molecule is [C-]#[N+]c1ccc(N(c2cc(F)c(-c3ccc(C(C)(C)C)cc3)cc2F)c2ccc3ccc4c(N(c5ccc(C#N)cc5)c5cc(F)c(-c6ccc(C(C)(C)C)cc6)cc5F)ccc5ccc2c3c54)cc1.[C-]#[N+]c1ccc(N(c2cc(F)c(-c3cccc(C(C)(C)C)c3)cc2F)c2ccc3ccc4c(N(c5ccc(C#N)cc5)c5cc(F)c(-c6cccc(C(C)(C)C)c6)cc5F)ccc5ccc2c3c54)cc1. The molecule has 20 aromatic carbocycles. The number of rotatable bonds is 16. The van der Waals surface area contributed by atoms with E-state index in [-0.39, 0.29) is 66.7 Å². The summed E-state index contributed by atoms with van der Waals surface area (Å²) in [5.41, 5.74) is 11.8. The molecule has 8 nitrogen and oxygen atoms in total. The first kappa shape index (κ1) is 92.2. The molecule has 0 amide bonds. The van der Waals surface area contributed by atoms with Gasteiger partial charge in [0.05, 0.1) is 81.9 Å². The molecular formula is C124H92F8N8. The van der Waals surface area contributed by atoms with E-state index >= 15 is 35.1 Å². The Balaban J connectivity index is 0.000000178. The Morgan fingerprint density at radius 2 is 0.464 bits per heavy atom. The zero-order valence-corrected chi connectivity index (χ0v) is 78.9. The van der Waals surface area contributed by atoms with Crippen molar-refractivity contribution in [2.24, 2.45) is 0 Å². The number of anilines is 12. The molecular weight excluding hydrogens is 1750 g/mol. The highest BCUT2D eigenvalue weighted by Gasteiger charge is 2.32. The number of halogens is 8. The number of hydrogen-bond acceptors (Lipinski definition) is 6. The van der Waals surface area contributed by atoms with Gasteiger partial charge in [0.1, 0.15) is 46.5 Å². The molecule has 0 radical (unpaired) electrons. The van der Waals surface area contributed by atoms with Gasteiger partial charge in [-0.2, -0.15) is 10.5 Å². The molecule has 0 saturated carbocycles. The summed E-state index contributed by atoms with van der Waals surface area (Å²) in [6.07, 6.45) is 0. The maximum Gasteiger partial charge on any atom is 0.187 e. The molecule has 16 heteroatoms. The van der Waals surface area contributed by atoms with E-state index in [1.165, 1.54) is 48.5 Å². The van der Waals surface area contributed by atoms with Crippen LogP contribution in [0.4, 0.5) is 115 Å². The molecule has 0 aliphatic rings. The maximum atomic E-state index is 17.0. The summed E-state index contributed by atoms with van der Waals surface area (Å²) >= 11 is 0. The van der Waals surface area contributed by atoms with E-state index in [0.29, 0.717) is 112 Å². The van der Waals surface area contributed by atoms with Crippen molar-refractivity contribution < 1.29 is 35.1 Å². The molecule has 0 aromatic heterocycles. The minimum absolute atomic E-state index is 0.0300. The Kier molecular flexibility index (Phi) is 23.7. The summed E-state index contributed by atoms with van der Waals surface area (Å²) in [5, 5.41) is 29.0. The van der Waals surface area contributed by atoms with E-state index in [2.05, 4.69) is 105 Å². The highest BCUT2D eigenvalue weighted by Crippen LogP contribution is 2.54. The van der Waals surface area contributed by atoms with Crippen LogP contribution in [-0.2, 0) is 21.7 Å². The predicted molar refractivity (Wildman–Crippen MR) is 557 cm³/mol. The van der Waals surface area contributed by atoms with E-state index in [4.69, 9.17) is 13.1 Å². The van der Waals surface area contributed by atoms with Crippen molar-refractivity contribution in [1.29, 1.82) is 10.5 Å². The van der Waals surface area contributed by atoms with Crippen molar-refractivity contribution >= 4 is 144 Å². The lowest BCUT2D eigenvalue weighted by Gasteiger charge is -2.30. The molecule has 20 rings (SSSR count). The second-order valence-corrected chi connectivity index (χ2v) is 39.5. The van der Waals surface area contributed by atoms with Crippen LogP contribution in [-0.4, -0.2) is 0 Å². The average molecular weight is 1850 g/mol. The number of hydrogen-bond donors (Lipinski definition) is 0. The normalized spacial score (nSPS) is 11.8. The van der Waals surface area contributed by atoms with Gasteiger partial charge in [-0.15, -0.1) is 0 Å². The molecule has 0 saturated heterocycles. The highest BCUT2D eigenvalue weighted by molar-refractivity contribution is 6.30. The van der Waals surface area contributed by atoms with Crippen molar-refractivity contribution in [2.45, 2.75) is 105 Å². The fourth-order valence-electron chi connectivity index (χ4n) is 19.0. The summed E-state index contributed by atoms with van der Waals surface area (Å²) in [6.45, 7) is 40.2. The summed E-state index contributed by atoms with van der Waals surface area (Å²) in [7, 11) is 0. The summed E-state index contributed by atoms with van der Waals surface area (Å²) < 4.78 is 134. The third kappa shape index (κ3) is 17.1. The Morgan fingerprint density at radius 1 is 0.229 bits per heavy atom. The smallest absolute Gasteiger partial charge is 0.187 e. The van der Waals surface area contributed by atoms with Gasteiger partial charge < -0.3 is 19.6 Å². The van der Waals surface area contributed by atoms with Crippen LogP contribution in [0.2, 0.25) is 0 Å². The summed E-state index contributed by atoms with van der Waals surface area (Å²) in [4.78, 5) is 13.8. The van der Waals surface area contributed by atoms with Gasteiger partial charge in [0.15, 0.2) is 11.4 Å². The van der Waals surface area contributed by atoms with Crippen LogP contribution < -0.4 is 19.6 Å². The Hall–Kier alpha value is -16.9. The highest BCUT2D eigenvalue weighted by atomic mass is 19.2. The lowest BCUT2D eigenvalue weighted by atomic mass is 9.85. The minimum atomic E-state index is -0.657. The van der Waals surface area contributed by atoms with Gasteiger partial charge in [-0.05, 0) is 231 Å². The van der Waals surface area contributed by atoms with Crippen molar-refractivity contribution in [3.63, 3.8) is 0 Å². The first-order valence-electron chi connectivity index (χ1n) is 46.0. The number of nitriles is 2. The predicted octanol–water partition coefficient (Wildman–Crippen LogP) is 36.9. The molecule has 140 heavy (non-hydrogen) atoms. The monoisotopic (exact) mass is 1840 g/mol. The van der Waals surface area contributed by atoms with E-state index in [1.807, 2.05) is 182 Å². The van der Waals surface area contributed by atoms with Crippen LogP contribution in [0.1, 0.15) is 116 Å². The van der Waals surface area contributed by atoms with Gasteiger partial charge in [-0.3, -0.25) is 0 Å². The van der Waals surface area contributed by atoms with Crippen LogP contribution in [0.25, 0.3) is 119 Å². The van der Waals surface area contributed by atoms with E-state index in [0.717, 1.165) is 65.3 Å². The zero-order valence-electron chi connectivity index (χ0n) is 78.9.